The lowest BCUT2D eigenvalue weighted by atomic mass is 10.2. The van der Waals surface area contributed by atoms with Crippen molar-refractivity contribution in [2.24, 2.45) is 0 Å². The molecule has 5 nitrogen and oxygen atoms in total. The zero-order chi connectivity index (χ0) is 16.1. The average Bonchev–Trinajstić information content (AvgIpc) is 3.02. The maximum Gasteiger partial charge on any atom is 0.231 e. The van der Waals surface area contributed by atoms with Crippen LogP contribution in [0, 0.1) is 5.82 Å². The van der Waals surface area contributed by atoms with Crippen molar-refractivity contribution in [1.29, 1.82) is 0 Å². The number of hydrogen-bond acceptors (Lipinski definition) is 4. The molecule has 0 saturated heterocycles. The van der Waals surface area contributed by atoms with Crippen LogP contribution in [0.15, 0.2) is 42.5 Å². The van der Waals surface area contributed by atoms with Gasteiger partial charge in [-0.3, -0.25) is 0 Å². The van der Waals surface area contributed by atoms with E-state index < -0.39 is 6.10 Å². The maximum atomic E-state index is 12.8. The summed E-state index contributed by atoms with van der Waals surface area (Å²) in [4.78, 5) is 0. The van der Waals surface area contributed by atoms with E-state index in [2.05, 4.69) is 0 Å². The number of ether oxygens (including phenoxy) is 3. The van der Waals surface area contributed by atoms with E-state index in [4.69, 9.17) is 14.2 Å². The molecule has 0 fully saturated rings. The number of aliphatic hydroxyl groups is 1. The summed E-state index contributed by atoms with van der Waals surface area (Å²) >= 11 is 0. The van der Waals surface area contributed by atoms with Crippen molar-refractivity contribution >= 4 is 0 Å². The highest BCUT2D eigenvalue weighted by Crippen LogP contribution is 2.32. The number of rotatable bonds is 7. The lowest BCUT2D eigenvalue weighted by Crippen LogP contribution is -2.85. The SMILES string of the molecule is O[C@@H](C[NH2+]Cc1ccc2c(c1)OCO2)COc1ccc(F)cc1. The number of fused-ring (bicyclic) bond motifs is 1. The van der Waals surface area contributed by atoms with Gasteiger partial charge in [0.1, 0.15) is 37.4 Å². The van der Waals surface area contributed by atoms with Gasteiger partial charge in [0.25, 0.3) is 0 Å². The van der Waals surface area contributed by atoms with Gasteiger partial charge in [-0.15, -0.1) is 0 Å². The maximum absolute atomic E-state index is 12.8. The van der Waals surface area contributed by atoms with Crippen LogP contribution in [0.4, 0.5) is 4.39 Å². The predicted octanol–water partition coefficient (Wildman–Crippen LogP) is 1.06. The number of hydrogen-bond donors (Lipinski definition) is 2. The summed E-state index contributed by atoms with van der Waals surface area (Å²) in [6.07, 6.45) is -0.603. The highest BCUT2D eigenvalue weighted by Gasteiger charge is 2.14. The highest BCUT2D eigenvalue weighted by molar-refractivity contribution is 5.44. The van der Waals surface area contributed by atoms with Gasteiger partial charge in [-0.2, -0.15) is 0 Å². The Balaban J connectivity index is 1.39. The Kier molecular flexibility index (Phi) is 4.95. The molecule has 3 N–H and O–H groups in total. The molecule has 0 aromatic heterocycles. The molecule has 1 aliphatic heterocycles. The summed E-state index contributed by atoms with van der Waals surface area (Å²) in [6, 6.07) is 11.5. The van der Waals surface area contributed by atoms with Gasteiger partial charge in [-0.1, -0.05) is 0 Å². The van der Waals surface area contributed by atoms with Crippen LogP contribution in [-0.2, 0) is 6.54 Å². The first-order valence-corrected chi connectivity index (χ1v) is 7.47. The molecular formula is C17H19FNO4+. The minimum absolute atomic E-state index is 0.170. The molecule has 0 bridgehead atoms. The molecule has 0 aliphatic carbocycles. The fraction of sp³-hybridized carbons (Fsp3) is 0.294. The van der Waals surface area contributed by atoms with Crippen LogP contribution in [0.3, 0.4) is 0 Å². The lowest BCUT2D eigenvalue weighted by molar-refractivity contribution is -0.676. The zero-order valence-electron chi connectivity index (χ0n) is 12.6. The Bertz CT molecular complexity index is 648. The van der Waals surface area contributed by atoms with E-state index in [1.807, 2.05) is 23.5 Å². The van der Waals surface area contributed by atoms with Crippen LogP contribution in [0.1, 0.15) is 5.56 Å². The van der Waals surface area contributed by atoms with Gasteiger partial charge in [-0.25, -0.2) is 4.39 Å². The first-order chi connectivity index (χ1) is 11.2. The van der Waals surface area contributed by atoms with E-state index in [0.29, 0.717) is 12.3 Å². The van der Waals surface area contributed by atoms with Gasteiger partial charge in [0.15, 0.2) is 11.5 Å². The standard InChI is InChI=1S/C17H18FNO4/c18-13-2-4-15(5-3-13)21-10-14(20)9-19-8-12-1-6-16-17(7-12)23-11-22-16/h1-7,14,19-20H,8-11H2/p+1/t14-/m0/s1. The summed E-state index contributed by atoms with van der Waals surface area (Å²) in [5.74, 6) is 1.76. The fourth-order valence-electron chi connectivity index (χ4n) is 2.30. The Morgan fingerprint density at radius 1 is 1.13 bits per heavy atom. The molecule has 6 heteroatoms. The molecule has 0 amide bonds. The lowest BCUT2D eigenvalue weighted by Gasteiger charge is -2.11. The normalized spacial score (nSPS) is 13.8. The number of nitrogens with two attached hydrogens (primary N) is 1. The third-order valence-corrected chi connectivity index (χ3v) is 3.51. The van der Waals surface area contributed by atoms with E-state index in [9.17, 15) is 9.50 Å². The Morgan fingerprint density at radius 2 is 1.91 bits per heavy atom. The van der Waals surface area contributed by atoms with E-state index in [1.165, 1.54) is 12.1 Å². The quantitative estimate of drug-likeness (QED) is 0.801. The minimum atomic E-state index is -0.603. The number of aliphatic hydroxyl groups excluding tert-OH is 1. The molecule has 2 aromatic carbocycles. The zero-order valence-corrected chi connectivity index (χ0v) is 12.6. The van der Waals surface area contributed by atoms with Gasteiger partial charge in [0.05, 0.1) is 0 Å². The van der Waals surface area contributed by atoms with Crippen LogP contribution in [0.2, 0.25) is 0 Å². The van der Waals surface area contributed by atoms with Crippen LogP contribution < -0.4 is 19.5 Å². The minimum Gasteiger partial charge on any atom is -0.491 e. The highest BCUT2D eigenvalue weighted by atomic mass is 19.1. The summed E-state index contributed by atoms with van der Waals surface area (Å²) in [5, 5.41) is 11.9. The topological polar surface area (TPSA) is 64.5 Å². The summed E-state index contributed by atoms with van der Waals surface area (Å²) in [5.41, 5.74) is 1.10. The number of benzene rings is 2. The van der Waals surface area contributed by atoms with Gasteiger partial charge in [-0.05, 0) is 42.5 Å². The smallest absolute Gasteiger partial charge is 0.231 e. The van der Waals surface area contributed by atoms with E-state index in [-0.39, 0.29) is 19.2 Å². The monoisotopic (exact) mass is 320 g/mol. The molecule has 0 saturated carbocycles. The van der Waals surface area contributed by atoms with Crippen LogP contribution in [-0.4, -0.2) is 31.2 Å². The molecule has 122 valence electrons. The molecule has 1 aliphatic rings. The third kappa shape index (κ3) is 4.34. The number of halogens is 1. The Morgan fingerprint density at radius 3 is 2.74 bits per heavy atom. The van der Waals surface area contributed by atoms with Gasteiger partial charge >= 0.3 is 0 Å². The van der Waals surface area contributed by atoms with Crippen molar-refractivity contribution in [2.75, 3.05) is 19.9 Å². The fourth-order valence-corrected chi connectivity index (χ4v) is 2.30. The second-order valence-electron chi connectivity index (χ2n) is 5.33. The summed E-state index contributed by atoms with van der Waals surface area (Å²) in [6.45, 7) is 1.67. The molecule has 1 atom stereocenters. The van der Waals surface area contributed by atoms with E-state index in [1.54, 1.807) is 12.1 Å². The van der Waals surface area contributed by atoms with Crippen LogP contribution in [0.5, 0.6) is 17.2 Å². The number of quaternary nitrogens is 1. The van der Waals surface area contributed by atoms with Crippen molar-refractivity contribution in [3.8, 4) is 17.2 Å². The first kappa shape index (κ1) is 15.6. The molecule has 2 aromatic rings. The Hall–Kier alpha value is -2.31. The largest absolute Gasteiger partial charge is 0.491 e. The van der Waals surface area contributed by atoms with Crippen molar-refractivity contribution in [2.45, 2.75) is 12.6 Å². The third-order valence-electron chi connectivity index (χ3n) is 3.51. The molecular weight excluding hydrogens is 301 g/mol. The molecule has 0 unspecified atom stereocenters. The molecule has 23 heavy (non-hydrogen) atoms. The van der Waals surface area contributed by atoms with Crippen molar-refractivity contribution < 1.29 is 29.0 Å². The summed E-state index contributed by atoms with van der Waals surface area (Å²) in [7, 11) is 0. The molecule has 0 radical (unpaired) electrons. The van der Waals surface area contributed by atoms with Crippen LogP contribution >= 0.6 is 0 Å². The van der Waals surface area contributed by atoms with Gasteiger partial charge in [0, 0.05) is 5.56 Å². The Labute approximate surface area is 133 Å². The van der Waals surface area contributed by atoms with Gasteiger partial charge < -0.3 is 24.6 Å². The molecule has 0 spiro atoms. The second kappa shape index (κ2) is 7.30. The van der Waals surface area contributed by atoms with Crippen molar-refractivity contribution in [3.05, 3.63) is 53.8 Å². The average molecular weight is 320 g/mol. The first-order valence-electron chi connectivity index (χ1n) is 7.47. The summed E-state index contributed by atoms with van der Waals surface area (Å²) < 4.78 is 28.8. The molecule has 1 heterocycles. The van der Waals surface area contributed by atoms with Crippen molar-refractivity contribution in [1.82, 2.24) is 0 Å². The molecule has 3 rings (SSSR count). The van der Waals surface area contributed by atoms with Crippen LogP contribution in [0.25, 0.3) is 0 Å². The van der Waals surface area contributed by atoms with E-state index in [0.717, 1.165) is 23.6 Å². The van der Waals surface area contributed by atoms with Crippen molar-refractivity contribution in [3.63, 3.8) is 0 Å². The van der Waals surface area contributed by atoms with E-state index >= 15 is 0 Å². The van der Waals surface area contributed by atoms with Gasteiger partial charge in [0.2, 0.25) is 6.79 Å². The second-order valence-corrected chi connectivity index (χ2v) is 5.33. The predicted molar refractivity (Wildman–Crippen MR) is 81.0 cm³/mol.